The lowest BCUT2D eigenvalue weighted by molar-refractivity contribution is -0.119. The first kappa shape index (κ1) is 18.5. The van der Waals surface area contributed by atoms with Crippen LogP contribution >= 0.6 is 34.8 Å². The van der Waals surface area contributed by atoms with E-state index in [1.165, 1.54) is 0 Å². The van der Waals surface area contributed by atoms with E-state index < -0.39 is 0 Å². The molecule has 4 rings (SSSR count). The molecule has 0 fully saturated rings. The fourth-order valence-electron chi connectivity index (χ4n) is 3.96. The number of hydrogen-bond donors (Lipinski definition) is 0. The quantitative estimate of drug-likeness (QED) is 0.582. The number of ketones is 1. The standard InChI is InChI=1S/C21H16Cl3NO2/c22-14-6-2-1-5-12(14)13-11-19(27)25(16-8-4-10-18(26)20(13)16)17-9-3-7-15(23)21(17)24/h1-3,5-7,9,13H,4,8,10-11H2. The molecule has 1 amide bonds. The molecule has 1 atom stereocenters. The van der Waals surface area contributed by atoms with Crippen molar-refractivity contribution in [3.63, 3.8) is 0 Å². The molecule has 0 saturated heterocycles. The molecule has 0 radical (unpaired) electrons. The van der Waals surface area contributed by atoms with Gasteiger partial charge in [0.05, 0.1) is 15.7 Å². The number of Topliss-reactive ketones (excluding diaryl/α,β-unsaturated/α-hetero) is 1. The maximum absolute atomic E-state index is 13.2. The molecule has 2 aromatic carbocycles. The first-order valence-corrected chi connectivity index (χ1v) is 9.90. The van der Waals surface area contributed by atoms with E-state index in [0.717, 1.165) is 11.3 Å². The van der Waals surface area contributed by atoms with Crippen LogP contribution < -0.4 is 4.90 Å². The Kier molecular flexibility index (Phi) is 5.02. The number of amides is 1. The summed E-state index contributed by atoms with van der Waals surface area (Å²) in [5.74, 6) is -0.377. The van der Waals surface area contributed by atoms with Crippen molar-refractivity contribution in [2.45, 2.75) is 31.6 Å². The van der Waals surface area contributed by atoms with Crippen LogP contribution in [0.2, 0.25) is 15.1 Å². The maximum atomic E-state index is 13.2. The second kappa shape index (κ2) is 7.31. The fourth-order valence-corrected chi connectivity index (χ4v) is 4.61. The molecular formula is C21H16Cl3NO2. The van der Waals surface area contributed by atoms with Crippen LogP contribution in [0.5, 0.6) is 0 Å². The number of benzene rings is 2. The molecule has 2 aliphatic rings. The molecule has 27 heavy (non-hydrogen) atoms. The fraction of sp³-hybridized carbons (Fsp3) is 0.238. The minimum Gasteiger partial charge on any atom is -0.294 e. The van der Waals surface area contributed by atoms with Crippen LogP contribution in [0.1, 0.15) is 37.2 Å². The van der Waals surface area contributed by atoms with Gasteiger partial charge in [0.1, 0.15) is 0 Å². The highest BCUT2D eigenvalue weighted by atomic mass is 35.5. The van der Waals surface area contributed by atoms with Gasteiger partial charge in [0.25, 0.3) is 0 Å². The van der Waals surface area contributed by atoms with E-state index in [0.29, 0.717) is 45.6 Å². The van der Waals surface area contributed by atoms with Crippen molar-refractivity contribution in [1.82, 2.24) is 0 Å². The number of rotatable bonds is 2. The van der Waals surface area contributed by atoms with Gasteiger partial charge in [0.2, 0.25) is 5.91 Å². The van der Waals surface area contributed by atoms with Gasteiger partial charge in [-0.2, -0.15) is 0 Å². The normalized spacial score (nSPS) is 20.1. The summed E-state index contributed by atoms with van der Waals surface area (Å²) < 4.78 is 0. The third-order valence-corrected chi connectivity index (χ3v) is 6.28. The van der Waals surface area contributed by atoms with E-state index in [1.807, 2.05) is 18.2 Å². The average molecular weight is 421 g/mol. The lowest BCUT2D eigenvalue weighted by atomic mass is 9.77. The summed E-state index contributed by atoms with van der Waals surface area (Å²) in [6, 6.07) is 12.6. The number of carbonyl (C=O) groups excluding carboxylic acids is 2. The van der Waals surface area contributed by atoms with Crippen molar-refractivity contribution in [3.8, 4) is 0 Å². The zero-order chi connectivity index (χ0) is 19.1. The van der Waals surface area contributed by atoms with Crippen molar-refractivity contribution in [2.24, 2.45) is 0 Å². The summed E-state index contributed by atoms with van der Waals surface area (Å²) in [4.78, 5) is 27.6. The summed E-state index contributed by atoms with van der Waals surface area (Å²) in [6.07, 6.45) is 1.98. The number of anilines is 1. The zero-order valence-corrected chi connectivity index (χ0v) is 16.6. The van der Waals surface area contributed by atoms with Crippen LogP contribution in [0, 0.1) is 0 Å². The Morgan fingerprint density at radius 1 is 0.889 bits per heavy atom. The van der Waals surface area contributed by atoms with Crippen LogP contribution in [-0.2, 0) is 9.59 Å². The first-order valence-electron chi connectivity index (χ1n) is 8.76. The summed E-state index contributed by atoms with van der Waals surface area (Å²) in [7, 11) is 0. The maximum Gasteiger partial charge on any atom is 0.232 e. The molecule has 0 N–H and O–H groups in total. The van der Waals surface area contributed by atoms with Gasteiger partial charge >= 0.3 is 0 Å². The summed E-state index contributed by atoms with van der Waals surface area (Å²) in [5, 5.41) is 1.25. The number of halogens is 3. The molecule has 1 heterocycles. The van der Waals surface area contributed by atoms with E-state index >= 15 is 0 Å². The molecule has 0 aromatic heterocycles. The Morgan fingerprint density at radius 3 is 2.41 bits per heavy atom. The largest absolute Gasteiger partial charge is 0.294 e. The van der Waals surface area contributed by atoms with Gasteiger partial charge < -0.3 is 0 Å². The second-order valence-electron chi connectivity index (χ2n) is 6.72. The van der Waals surface area contributed by atoms with Gasteiger partial charge in [-0.3, -0.25) is 14.5 Å². The van der Waals surface area contributed by atoms with Crippen LogP contribution in [-0.4, -0.2) is 11.7 Å². The lowest BCUT2D eigenvalue weighted by Gasteiger charge is -2.38. The molecular weight excluding hydrogens is 405 g/mol. The molecule has 1 aliphatic heterocycles. The molecule has 3 nitrogen and oxygen atoms in total. The number of hydrogen-bond acceptors (Lipinski definition) is 2. The Hall–Kier alpha value is -1.81. The Morgan fingerprint density at radius 2 is 1.63 bits per heavy atom. The molecule has 0 spiro atoms. The lowest BCUT2D eigenvalue weighted by Crippen LogP contribution is -2.40. The highest BCUT2D eigenvalue weighted by Gasteiger charge is 2.40. The molecule has 0 saturated carbocycles. The molecule has 2 aromatic rings. The van der Waals surface area contributed by atoms with Crippen molar-refractivity contribution < 1.29 is 9.59 Å². The van der Waals surface area contributed by atoms with Crippen molar-refractivity contribution >= 4 is 52.2 Å². The average Bonchev–Trinajstić information content (AvgIpc) is 2.65. The van der Waals surface area contributed by atoms with E-state index in [9.17, 15) is 9.59 Å². The van der Waals surface area contributed by atoms with Crippen molar-refractivity contribution in [1.29, 1.82) is 0 Å². The summed E-state index contributed by atoms with van der Waals surface area (Å²) in [6.45, 7) is 0. The van der Waals surface area contributed by atoms with E-state index in [-0.39, 0.29) is 24.0 Å². The smallest absolute Gasteiger partial charge is 0.232 e. The van der Waals surface area contributed by atoms with Gasteiger partial charge in [0, 0.05) is 35.1 Å². The van der Waals surface area contributed by atoms with E-state index in [2.05, 4.69) is 0 Å². The number of allylic oxidation sites excluding steroid dienone is 2. The van der Waals surface area contributed by atoms with Crippen LogP contribution in [0.4, 0.5) is 5.69 Å². The highest BCUT2D eigenvalue weighted by molar-refractivity contribution is 6.44. The molecule has 1 aliphatic carbocycles. The molecule has 138 valence electrons. The van der Waals surface area contributed by atoms with Gasteiger partial charge in [-0.25, -0.2) is 0 Å². The Balaban J connectivity index is 1.92. The van der Waals surface area contributed by atoms with E-state index in [1.54, 1.807) is 29.2 Å². The number of nitrogens with zero attached hydrogens (tertiary/aromatic N) is 1. The molecule has 1 unspecified atom stereocenters. The Labute approximate surface area is 172 Å². The summed E-state index contributed by atoms with van der Waals surface area (Å²) in [5.41, 5.74) is 2.72. The first-order chi connectivity index (χ1) is 13.0. The minimum atomic E-state index is -0.330. The van der Waals surface area contributed by atoms with Gasteiger partial charge in [-0.05, 0) is 36.6 Å². The second-order valence-corrected chi connectivity index (χ2v) is 7.91. The van der Waals surface area contributed by atoms with E-state index in [4.69, 9.17) is 34.8 Å². The molecule has 0 bridgehead atoms. The monoisotopic (exact) mass is 419 g/mol. The van der Waals surface area contributed by atoms with Gasteiger partial charge in [-0.15, -0.1) is 0 Å². The van der Waals surface area contributed by atoms with Gasteiger partial charge in [-0.1, -0.05) is 59.1 Å². The van der Waals surface area contributed by atoms with Crippen LogP contribution in [0.3, 0.4) is 0 Å². The van der Waals surface area contributed by atoms with Gasteiger partial charge in [0.15, 0.2) is 5.78 Å². The third-order valence-electron chi connectivity index (χ3n) is 5.13. The zero-order valence-electron chi connectivity index (χ0n) is 14.3. The molecule has 6 heteroatoms. The highest BCUT2D eigenvalue weighted by Crippen LogP contribution is 2.46. The SMILES string of the molecule is O=C1CCCC2=C1C(c1ccccc1Cl)CC(=O)N2c1cccc(Cl)c1Cl. The van der Waals surface area contributed by atoms with Crippen molar-refractivity contribution in [2.75, 3.05) is 4.90 Å². The van der Waals surface area contributed by atoms with Crippen LogP contribution in [0.15, 0.2) is 53.7 Å². The predicted octanol–water partition coefficient (Wildman–Crippen LogP) is 6.17. The topological polar surface area (TPSA) is 37.4 Å². The third kappa shape index (κ3) is 3.18. The van der Waals surface area contributed by atoms with Crippen molar-refractivity contribution in [3.05, 3.63) is 74.4 Å². The van der Waals surface area contributed by atoms with Crippen LogP contribution in [0.25, 0.3) is 0 Å². The number of carbonyl (C=O) groups is 2. The minimum absolute atomic E-state index is 0.0665. The Bertz CT molecular complexity index is 983. The predicted molar refractivity (Wildman–Crippen MR) is 109 cm³/mol. The summed E-state index contributed by atoms with van der Waals surface area (Å²) >= 11 is 18.9.